The Bertz CT molecular complexity index is 1230. The van der Waals surface area contributed by atoms with Gasteiger partial charge in [0, 0.05) is 11.1 Å². The van der Waals surface area contributed by atoms with Gasteiger partial charge in [-0.1, -0.05) is 109 Å². The summed E-state index contributed by atoms with van der Waals surface area (Å²) in [4.78, 5) is 14.3. The Hall–Kier alpha value is -4.11. The highest BCUT2D eigenvalue weighted by molar-refractivity contribution is 5.83. The van der Waals surface area contributed by atoms with E-state index in [1.807, 2.05) is 67.6 Å². The fourth-order valence-corrected chi connectivity index (χ4v) is 3.82. The molecule has 0 unspecified atom stereocenters. The first-order valence-corrected chi connectivity index (χ1v) is 10.3. The van der Waals surface area contributed by atoms with Crippen LogP contribution in [0.15, 0.2) is 109 Å². The minimum atomic E-state index is 0.685. The Kier molecular flexibility index (Phi) is 5.07. The van der Waals surface area contributed by atoms with Crippen molar-refractivity contribution in [3.63, 3.8) is 0 Å². The molecule has 0 spiro atoms. The summed E-state index contributed by atoms with van der Waals surface area (Å²) in [6.07, 6.45) is 0. The third kappa shape index (κ3) is 3.86. The van der Waals surface area contributed by atoms with Crippen LogP contribution in [0.5, 0.6) is 0 Å². The molecular formula is C28H21N3. The molecule has 0 aliphatic heterocycles. The van der Waals surface area contributed by atoms with Gasteiger partial charge < -0.3 is 0 Å². The lowest BCUT2D eigenvalue weighted by molar-refractivity contribution is 0.992. The van der Waals surface area contributed by atoms with E-state index in [4.69, 9.17) is 15.0 Å². The quantitative estimate of drug-likeness (QED) is 0.332. The van der Waals surface area contributed by atoms with Crippen LogP contribution in [0, 0.1) is 6.92 Å². The van der Waals surface area contributed by atoms with Gasteiger partial charge in [-0.2, -0.15) is 0 Å². The normalized spacial score (nSPS) is 10.7. The average Bonchev–Trinajstić information content (AvgIpc) is 2.85. The molecule has 0 radical (unpaired) electrons. The summed E-state index contributed by atoms with van der Waals surface area (Å²) in [5.41, 5.74) is 6.49. The monoisotopic (exact) mass is 399 g/mol. The van der Waals surface area contributed by atoms with Crippen LogP contribution >= 0.6 is 0 Å². The maximum absolute atomic E-state index is 4.92. The third-order valence-corrected chi connectivity index (χ3v) is 5.25. The molecular weight excluding hydrogens is 378 g/mol. The molecule has 0 fully saturated rings. The number of hydrogen-bond donors (Lipinski definition) is 0. The van der Waals surface area contributed by atoms with E-state index in [2.05, 4.69) is 48.5 Å². The van der Waals surface area contributed by atoms with Crippen molar-refractivity contribution in [3.05, 3.63) is 115 Å². The van der Waals surface area contributed by atoms with Crippen LogP contribution in [0.2, 0.25) is 0 Å². The molecule has 148 valence electrons. The van der Waals surface area contributed by atoms with Gasteiger partial charge in [-0.3, -0.25) is 0 Å². The smallest absolute Gasteiger partial charge is 0.164 e. The van der Waals surface area contributed by atoms with E-state index in [0.717, 1.165) is 33.4 Å². The van der Waals surface area contributed by atoms with E-state index in [9.17, 15) is 0 Å². The van der Waals surface area contributed by atoms with E-state index >= 15 is 0 Å². The van der Waals surface area contributed by atoms with Gasteiger partial charge in [0.05, 0.1) is 0 Å². The standard InChI is InChI=1S/C28H21N3/c1-20-29-27(25-18-10-8-16-23(25)21-12-4-2-5-13-21)31-28(30-20)26-19-11-9-17-24(26)22-14-6-3-7-15-22/h2-19H,1H3. The second-order valence-corrected chi connectivity index (χ2v) is 7.35. The Morgan fingerprint density at radius 2 is 0.742 bits per heavy atom. The summed E-state index contributed by atoms with van der Waals surface area (Å²) in [5.74, 6) is 2.07. The lowest BCUT2D eigenvalue weighted by atomic mass is 9.98. The molecule has 1 heterocycles. The fraction of sp³-hybridized carbons (Fsp3) is 0.0357. The zero-order chi connectivity index (χ0) is 21.0. The Morgan fingerprint density at radius 3 is 1.16 bits per heavy atom. The van der Waals surface area contributed by atoms with Crippen molar-refractivity contribution in [3.8, 4) is 45.0 Å². The molecule has 0 saturated heterocycles. The summed E-state index contributed by atoms with van der Waals surface area (Å²) in [5, 5.41) is 0. The van der Waals surface area contributed by atoms with Gasteiger partial charge in [-0.15, -0.1) is 0 Å². The van der Waals surface area contributed by atoms with Crippen molar-refractivity contribution in [2.75, 3.05) is 0 Å². The van der Waals surface area contributed by atoms with Crippen molar-refractivity contribution in [2.45, 2.75) is 6.92 Å². The number of aromatic nitrogens is 3. The van der Waals surface area contributed by atoms with Crippen LogP contribution in [-0.4, -0.2) is 15.0 Å². The predicted molar refractivity (Wildman–Crippen MR) is 126 cm³/mol. The molecule has 0 aliphatic carbocycles. The number of aryl methyl sites for hydroxylation is 1. The highest BCUT2D eigenvalue weighted by Crippen LogP contribution is 2.33. The molecule has 0 amide bonds. The Morgan fingerprint density at radius 1 is 0.387 bits per heavy atom. The van der Waals surface area contributed by atoms with Gasteiger partial charge in [-0.25, -0.2) is 15.0 Å². The van der Waals surface area contributed by atoms with E-state index in [-0.39, 0.29) is 0 Å². The van der Waals surface area contributed by atoms with Crippen molar-refractivity contribution >= 4 is 0 Å². The zero-order valence-electron chi connectivity index (χ0n) is 17.2. The molecule has 31 heavy (non-hydrogen) atoms. The van der Waals surface area contributed by atoms with Crippen LogP contribution in [0.25, 0.3) is 45.0 Å². The second kappa shape index (κ2) is 8.33. The lowest BCUT2D eigenvalue weighted by Gasteiger charge is -2.12. The van der Waals surface area contributed by atoms with Crippen molar-refractivity contribution in [1.82, 2.24) is 15.0 Å². The molecule has 0 N–H and O–H groups in total. The summed E-state index contributed by atoms with van der Waals surface area (Å²) >= 11 is 0. The molecule has 3 heteroatoms. The Labute approximate surface area is 182 Å². The van der Waals surface area contributed by atoms with Gasteiger partial charge in [0.1, 0.15) is 5.82 Å². The third-order valence-electron chi connectivity index (χ3n) is 5.25. The summed E-state index contributed by atoms with van der Waals surface area (Å²) in [6.45, 7) is 1.92. The minimum absolute atomic E-state index is 0.685. The maximum Gasteiger partial charge on any atom is 0.164 e. The number of nitrogens with zero attached hydrogens (tertiary/aromatic N) is 3. The van der Waals surface area contributed by atoms with E-state index in [1.165, 1.54) is 0 Å². The summed E-state index contributed by atoms with van der Waals surface area (Å²) in [6, 6.07) is 37.2. The first-order chi connectivity index (χ1) is 15.3. The zero-order valence-corrected chi connectivity index (χ0v) is 17.2. The molecule has 4 aromatic carbocycles. The SMILES string of the molecule is Cc1nc(-c2ccccc2-c2ccccc2)nc(-c2ccccc2-c2ccccc2)n1. The lowest BCUT2D eigenvalue weighted by Crippen LogP contribution is -2.01. The van der Waals surface area contributed by atoms with Crippen molar-refractivity contribution < 1.29 is 0 Å². The number of rotatable bonds is 4. The summed E-state index contributed by atoms with van der Waals surface area (Å²) < 4.78 is 0. The van der Waals surface area contributed by atoms with E-state index in [1.54, 1.807) is 0 Å². The highest BCUT2D eigenvalue weighted by Gasteiger charge is 2.15. The molecule has 5 aromatic rings. The Balaban J connectivity index is 1.68. The van der Waals surface area contributed by atoms with Crippen LogP contribution in [0.4, 0.5) is 0 Å². The first kappa shape index (κ1) is 18.9. The number of hydrogen-bond acceptors (Lipinski definition) is 3. The first-order valence-electron chi connectivity index (χ1n) is 10.3. The van der Waals surface area contributed by atoms with Gasteiger partial charge in [-0.05, 0) is 29.2 Å². The van der Waals surface area contributed by atoms with Crippen molar-refractivity contribution in [2.24, 2.45) is 0 Å². The van der Waals surface area contributed by atoms with Gasteiger partial charge in [0.15, 0.2) is 11.6 Å². The molecule has 0 saturated carbocycles. The van der Waals surface area contributed by atoms with Gasteiger partial charge in [0.25, 0.3) is 0 Å². The van der Waals surface area contributed by atoms with Crippen LogP contribution in [-0.2, 0) is 0 Å². The van der Waals surface area contributed by atoms with Gasteiger partial charge >= 0.3 is 0 Å². The summed E-state index contributed by atoms with van der Waals surface area (Å²) in [7, 11) is 0. The molecule has 5 rings (SSSR count). The fourth-order valence-electron chi connectivity index (χ4n) is 3.82. The number of benzene rings is 4. The van der Waals surface area contributed by atoms with Crippen molar-refractivity contribution in [1.29, 1.82) is 0 Å². The largest absolute Gasteiger partial charge is 0.213 e. The molecule has 0 aliphatic rings. The average molecular weight is 399 g/mol. The highest BCUT2D eigenvalue weighted by atomic mass is 15.0. The second-order valence-electron chi connectivity index (χ2n) is 7.35. The van der Waals surface area contributed by atoms with Gasteiger partial charge in [0.2, 0.25) is 0 Å². The van der Waals surface area contributed by atoms with E-state index < -0.39 is 0 Å². The molecule has 1 aromatic heterocycles. The van der Waals surface area contributed by atoms with Crippen LogP contribution in [0.1, 0.15) is 5.82 Å². The molecule has 3 nitrogen and oxygen atoms in total. The van der Waals surface area contributed by atoms with Crippen LogP contribution in [0.3, 0.4) is 0 Å². The molecule has 0 bridgehead atoms. The molecule has 0 atom stereocenters. The predicted octanol–water partition coefficient (Wildman–Crippen LogP) is 6.85. The van der Waals surface area contributed by atoms with E-state index in [0.29, 0.717) is 17.5 Å². The maximum atomic E-state index is 4.92. The minimum Gasteiger partial charge on any atom is -0.213 e. The van der Waals surface area contributed by atoms with Crippen LogP contribution < -0.4 is 0 Å². The topological polar surface area (TPSA) is 38.7 Å².